The molecule has 5 N–H and O–H groups in total. The summed E-state index contributed by atoms with van der Waals surface area (Å²) in [5, 5.41) is 14.4. The molecule has 1 aromatic carbocycles. The number of ether oxygens (including phenoxy) is 3. The van der Waals surface area contributed by atoms with Crippen LogP contribution >= 0.6 is 23.4 Å². The Kier molecular flexibility index (Phi) is 12.4. The first-order chi connectivity index (χ1) is 22.1. The number of anilines is 1. The molecule has 13 nitrogen and oxygen atoms in total. The molecule has 2 aromatic heterocycles. The summed E-state index contributed by atoms with van der Waals surface area (Å²) >= 11 is 7.83. The van der Waals surface area contributed by atoms with Crippen LogP contribution < -0.4 is 16.4 Å². The number of carbonyl (C=O) groups excluding carboxylic acids is 2. The van der Waals surface area contributed by atoms with Crippen LogP contribution in [0, 0.1) is 12.3 Å². The van der Waals surface area contributed by atoms with Gasteiger partial charge in [-0.25, -0.2) is 14.6 Å². The molecule has 2 amide bonds. The van der Waals surface area contributed by atoms with Crippen LogP contribution in [0.1, 0.15) is 50.8 Å². The van der Waals surface area contributed by atoms with Crippen LogP contribution in [0.4, 0.5) is 15.4 Å². The standard InChI is InChI=1S/C21H19ClN4O4.C5H8N2OS.C5H10O2/c1-2-21(13-29-20(27)28-12-14-6-4-3-5-7-14)10-8-16(30-21)26-11-9-15-17(23)24-19(22)25-18(15)26;8-5-6-3-1-9-2-4(3)7-5;1-2-3-4-5(6)7/h1,3-7,9,11,16H,8,10,12-13H2,(H2,23,24,25);3-4H,1-2H2,(H2,6,7,8);2-4H2,1H3,(H,6,7)/t16-,21?;3-,4+;/m1../s1. The van der Waals surface area contributed by atoms with Gasteiger partial charge >= 0.3 is 18.2 Å². The molecule has 246 valence electrons. The summed E-state index contributed by atoms with van der Waals surface area (Å²) in [5.41, 5.74) is 6.25. The lowest BCUT2D eigenvalue weighted by Crippen LogP contribution is -2.34. The van der Waals surface area contributed by atoms with E-state index in [-0.39, 0.29) is 30.3 Å². The number of aromatic nitrogens is 3. The van der Waals surface area contributed by atoms with E-state index in [1.165, 1.54) is 0 Å². The Morgan fingerprint density at radius 1 is 1.22 bits per heavy atom. The number of fused-ring (bicyclic) bond motifs is 2. The maximum Gasteiger partial charge on any atom is 0.508 e. The molecule has 3 fully saturated rings. The predicted molar refractivity (Wildman–Crippen MR) is 174 cm³/mol. The maximum absolute atomic E-state index is 12.0. The number of terminal acetylenes is 1. The summed E-state index contributed by atoms with van der Waals surface area (Å²) in [7, 11) is 0. The van der Waals surface area contributed by atoms with E-state index in [9.17, 15) is 14.4 Å². The lowest BCUT2D eigenvalue weighted by molar-refractivity contribution is -0.137. The van der Waals surface area contributed by atoms with Crippen LogP contribution in [0.25, 0.3) is 11.0 Å². The highest BCUT2D eigenvalue weighted by Crippen LogP contribution is 2.38. The number of halogens is 1. The molecule has 6 rings (SSSR count). The van der Waals surface area contributed by atoms with E-state index in [0.29, 0.717) is 42.4 Å². The lowest BCUT2D eigenvalue weighted by atomic mass is 10.0. The minimum absolute atomic E-state index is 0.00491. The topological polar surface area (TPSA) is 180 Å². The van der Waals surface area contributed by atoms with Crippen molar-refractivity contribution in [2.75, 3.05) is 23.8 Å². The third-order valence-corrected chi connectivity index (χ3v) is 8.74. The SMILES string of the molecule is C#CC1(COC(=O)OCc2ccccc2)CC[C@H](n2ccc3c(N)nc(Cl)nc32)O1.CCCCC(=O)O.O=C1N[C@H]2CSC[C@H]2N1. The van der Waals surface area contributed by atoms with Gasteiger partial charge in [0.2, 0.25) is 5.28 Å². The van der Waals surface area contributed by atoms with Crippen molar-refractivity contribution in [3.63, 3.8) is 0 Å². The van der Waals surface area contributed by atoms with Gasteiger partial charge in [0.25, 0.3) is 0 Å². The van der Waals surface area contributed by atoms with Crippen molar-refractivity contribution >= 4 is 58.4 Å². The number of nitrogens with one attached hydrogen (secondary N) is 2. The molecule has 0 saturated carbocycles. The minimum Gasteiger partial charge on any atom is -0.481 e. The molecule has 0 bridgehead atoms. The van der Waals surface area contributed by atoms with Crippen molar-refractivity contribution in [1.82, 2.24) is 25.2 Å². The molecular weight excluding hydrogens is 636 g/mol. The van der Waals surface area contributed by atoms with Crippen LogP contribution in [0.15, 0.2) is 42.6 Å². The molecule has 0 spiro atoms. The van der Waals surface area contributed by atoms with Crippen LogP contribution in [-0.4, -0.2) is 73.6 Å². The largest absolute Gasteiger partial charge is 0.508 e. The first kappa shape index (κ1) is 34.7. The number of benzene rings is 1. The zero-order valence-corrected chi connectivity index (χ0v) is 26.9. The quantitative estimate of drug-likeness (QED) is 0.112. The Morgan fingerprint density at radius 3 is 2.57 bits per heavy atom. The smallest absolute Gasteiger partial charge is 0.481 e. The van der Waals surface area contributed by atoms with E-state index >= 15 is 0 Å². The first-order valence-corrected chi connectivity index (χ1v) is 16.3. The Balaban J connectivity index is 0.000000244. The van der Waals surface area contributed by atoms with Gasteiger partial charge in [-0.3, -0.25) is 4.79 Å². The number of carbonyl (C=O) groups is 3. The average molecular weight is 673 g/mol. The number of unbranched alkanes of at least 4 members (excludes halogenated alkanes) is 1. The monoisotopic (exact) mass is 672 g/mol. The van der Waals surface area contributed by atoms with Gasteiger partial charge in [0.15, 0.2) is 5.60 Å². The number of carboxylic acid groups (broad SMARTS) is 1. The minimum atomic E-state index is -1.06. The number of nitrogen functional groups attached to an aromatic ring is 1. The summed E-state index contributed by atoms with van der Waals surface area (Å²) in [5.74, 6) is 4.36. The Hall–Kier alpha value is -4.19. The molecule has 0 radical (unpaired) electrons. The summed E-state index contributed by atoms with van der Waals surface area (Å²) in [4.78, 5) is 40.5. The highest BCUT2D eigenvalue weighted by Gasteiger charge is 2.41. The summed E-state index contributed by atoms with van der Waals surface area (Å²) in [6, 6.07) is 11.9. The second kappa shape index (κ2) is 16.4. The van der Waals surface area contributed by atoms with E-state index in [1.54, 1.807) is 16.8 Å². The fraction of sp³-hybridized carbons (Fsp3) is 0.452. The van der Waals surface area contributed by atoms with Gasteiger partial charge in [-0.2, -0.15) is 16.7 Å². The van der Waals surface area contributed by atoms with Crippen LogP contribution in [0.3, 0.4) is 0 Å². The molecule has 5 heterocycles. The predicted octanol–water partition coefficient (Wildman–Crippen LogP) is 4.75. The Labute approximate surface area is 275 Å². The van der Waals surface area contributed by atoms with Crippen molar-refractivity contribution in [2.24, 2.45) is 0 Å². The van der Waals surface area contributed by atoms with E-state index in [2.05, 4.69) is 26.5 Å². The summed E-state index contributed by atoms with van der Waals surface area (Å²) in [6.45, 7) is 1.97. The molecule has 3 saturated heterocycles. The second-order valence-electron chi connectivity index (χ2n) is 10.8. The molecule has 3 aromatic rings. The number of carboxylic acids is 1. The third-order valence-electron chi connectivity index (χ3n) is 7.38. The summed E-state index contributed by atoms with van der Waals surface area (Å²) < 4.78 is 18.2. The fourth-order valence-corrected chi connectivity index (χ4v) is 6.37. The second-order valence-corrected chi connectivity index (χ2v) is 12.2. The normalized spacial score (nSPS) is 22.6. The van der Waals surface area contributed by atoms with Crippen LogP contribution in [0.5, 0.6) is 0 Å². The van der Waals surface area contributed by atoms with Gasteiger partial charge in [0.05, 0.1) is 17.5 Å². The van der Waals surface area contributed by atoms with E-state index < -0.39 is 24.0 Å². The maximum atomic E-state index is 12.0. The van der Waals surface area contributed by atoms with Crippen molar-refractivity contribution in [2.45, 2.75) is 69.5 Å². The molecule has 3 aliphatic heterocycles. The van der Waals surface area contributed by atoms with E-state index in [4.69, 9.17) is 43.1 Å². The number of aliphatic carboxylic acids is 1. The molecule has 46 heavy (non-hydrogen) atoms. The van der Waals surface area contributed by atoms with E-state index in [0.717, 1.165) is 29.9 Å². The lowest BCUT2D eigenvalue weighted by Gasteiger charge is -2.23. The zero-order chi connectivity index (χ0) is 33.1. The van der Waals surface area contributed by atoms with Crippen LogP contribution in [-0.2, 0) is 25.6 Å². The number of hydrogen-bond acceptors (Lipinski definition) is 10. The number of hydrogen-bond donors (Lipinski definition) is 4. The number of nitrogens with zero attached hydrogens (tertiary/aromatic N) is 3. The first-order valence-electron chi connectivity index (χ1n) is 14.8. The molecule has 4 atom stereocenters. The number of nitrogens with two attached hydrogens (primary N) is 1. The molecule has 0 aliphatic carbocycles. The molecule has 15 heteroatoms. The number of rotatable bonds is 8. The van der Waals surface area contributed by atoms with Gasteiger partial charge in [0, 0.05) is 24.1 Å². The number of amides is 2. The van der Waals surface area contributed by atoms with Gasteiger partial charge in [0.1, 0.15) is 30.9 Å². The van der Waals surface area contributed by atoms with Gasteiger partial charge in [-0.15, -0.1) is 6.42 Å². The van der Waals surface area contributed by atoms with E-state index in [1.807, 2.05) is 49.0 Å². The van der Waals surface area contributed by atoms with Crippen molar-refractivity contribution in [3.05, 3.63) is 53.4 Å². The number of thioether (sulfide) groups is 1. The fourth-order valence-electron chi connectivity index (χ4n) is 4.93. The summed E-state index contributed by atoms with van der Waals surface area (Å²) in [6.07, 6.45) is 9.46. The van der Waals surface area contributed by atoms with Crippen LogP contribution in [0.2, 0.25) is 5.28 Å². The average Bonchev–Trinajstić information content (AvgIpc) is 3.83. The highest BCUT2D eigenvalue weighted by atomic mass is 35.5. The number of urea groups is 1. The third kappa shape index (κ3) is 9.41. The van der Waals surface area contributed by atoms with Gasteiger partial charge in [-0.1, -0.05) is 49.6 Å². The zero-order valence-electron chi connectivity index (χ0n) is 25.3. The van der Waals surface area contributed by atoms with Crippen molar-refractivity contribution < 1.29 is 33.7 Å². The van der Waals surface area contributed by atoms with Gasteiger partial charge < -0.3 is 40.3 Å². The Bertz CT molecular complexity index is 1540. The van der Waals surface area contributed by atoms with Gasteiger partial charge in [-0.05, 0) is 42.5 Å². The molecular formula is C31H37ClN6O7S. The highest BCUT2D eigenvalue weighted by molar-refractivity contribution is 7.99. The van der Waals surface area contributed by atoms with Crippen molar-refractivity contribution in [1.29, 1.82) is 0 Å². The molecule has 1 unspecified atom stereocenters. The Morgan fingerprint density at radius 2 is 1.93 bits per heavy atom. The van der Waals surface area contributed by atoms with Crippen molar-refractivity contribution in [3.8, 4) is 12.3 Å². The molecule has 3 aliphatic rings.